The lowest BCUT2D eigenvalue weighted by molar-refractivity contribution is 0.171. The fourth-order valence-corrected chi connectivity index (χ4v) is 2.80. The molecule has 1 unspecified atom stereocenters. The van der Waals surface area contributed by atoms with E-state index in [0.717, 1.165) is 6.42 Å². The second kappa shape index (κ2) is 6.67. The molecule has 0 amide bonds. The molecule has 2 N–H and O–H groups in total. The number of aromatic nitrogens is 1. The molecule has 0 spiro atoms. The number of hydrogen-bond donors (Lipinski definition) is 2. The summed E-state index contributed by atoms with van der Waals surface area (Å²) in [7, 11) is -2.10. The molecular weight excluding hydrogens is 256 g/mol. The van der Waals surface area contributed by atoms with E-state index in [1.165, 1.54) is 25.4 Å². The highest BCUT2D eigenvalue weighted by atomic mass is 32.2. The highest BCUT2D eigenvalue weighted by Gasteiger charge is 2.19. The van der Waals surface area contributed by atoms with Gasteiger partial charge in [-0.3, -0.25) is 4.79 Å². The molecule has 0 saturated heterocycles. The second-order valence-corrected chi connectivity index (χ2v) is 5.66. The van der Waals surface area contributed by atoms with Gasteiger partial charge < -0.3 is 9.72 Å². The fourth-order valence-electron chi connectivity index (χ4n) is 1.58. The summed E-state index contributed by atoms with van der Waals surface area (Å²) in [4.78, 5) is 13.3. The number of pyridine rings is 1. The third-order valence-electron chi connectivity index (χ3n) is 2.39. The lowest BCUT2D eigenvalue weighted by atomic mass is 10.2. The maximum absolute atomic E-state index is 12.0. The first kappa shape index (κ1) is 14.9. The summed E-state index contributed by atoms with van der Waals surface area (Å²) in [5.74, 6) is 0. The van der Waals surface area contributed by atoms with Crippen molar-refractivity contribution in [2.24, 2.45) is 0 Å². The smallest absolute Gasteiger partial charge is 0.247 e. The van der Waals surface area contributed by atoms with Crippen LogP contribution in [0.25, 0.3) is 0 Å². The molecule has 6 nitrogen and oxygen atoms in total. The van der Waals surface area contributed by atoms with Crippen molar-refractivity contribution in [3.63, 3.8) is 0 Å². The van der Waals surface area contributed by atoms with Crippen LogP contribution in [0.5, 0.6) is 0 Å². The van der Waals surface area contributed by atoms with Gasteiger partial charge in [-0.05, 0) is 12.5 Å². The Morgan fingerprint density at radius 2 is 2.17 bits per heavy atom. The van der Waals surface area contributed by atoms with Gasteiger partial charge in [-0.2, -0.15) is 0 Å². The zero-order chi connectivity index (χ0) is 13.6. The molecule has 0 aliphatic rings. The van der Waals surface area contributed by atoms with E-state index in [-0.39, 0.29) is 16.5 Å². The summed E-state index contributed by atoms with van der Waals surface area (Å²) in [5, 5.41) is 0. The van der Waals surface area contributed by atoms with Crippen LogP contribution in [-0.2, 0) is 14.8 Å². The number of hydrogen-bond acceptors (Lipinski definition) is 4. The van der Waals surface area contributed by atoms with Gasteiger partial charge in [0.2, 0.25) is 15.6 Å². The molecule has 1 heterocycles. The minimum atomic E-state index is -3.62. The summed E-state index contributed by atoms with van der Waals surface area (Å²) in [6.07, 6.45) is 2.72. The van der Waals surface area contributed by atoms with Crippen LogP contribution in [-0.4, -0.2) is 33.2 Å². The van der Waals surface area contributed by atoms with E-state index >= 15 is 0 Å². The number of rotatable bonds is 7. The SMILES string of the molecule is CCCC(COC)NS(=O)(=O)c1ccc(=O)[nH]c1. The molecule has 0 radical (unpaired) electrons. The summed E-state index contributed by atoms with van der Waals surface area (Å²) >= 11 is 0. The van der Waals surface area contributed by atoms with Gasteiger partial charge in [0.25, 0.3) is 0 Å². The Kier molecular flexibility index (Phi) is 5.52. The van der Waals surface area contributed by atoms with Crippen molar-refractivity contribution >= 4 is 10.0 Å². The van der Waals surface area contributed by atoms with E-state index in [0.29, 0.717) is 13.0 Å². The zero-order valence-corrected chi connectivity index (χ0v) is 11.3. The normalized spacial score (nSPS) is 13.4. The number of H-pyrrole nitrogens is 1. The topological polar surface area (TPSA) is 88.3 Å². The van der Waals surface area contributed by atoms with Crippen molar-refractivity contribution in [3.05, 3.63) is 28.7 Å². The third kappa shape index (κ3) is 4.25. The highest BCUT2D eigenvalue weighted by molar-refractivity contribution is 7.89. The van der Waals surface area contributed by atoms with Crippen LogP contribution in [0, 0.1) is 0 Å². The van der Waals surface area contributed by atoms with Gasteiger partial charge in [-0.1, -0.05) is 13.3 Å². The number of nitrogens with one attached hydrogen (secondary N) is 2. The van der Waals surface area contributed by atoms with Crippen molar-refractivity contribution in [1.82, 2.24) is 9.71 Å². The first-order valence-electron chi connectivity index (χ1n) is 5.69. The van der Waals surface area contributed by atoms with Gasteiger partial charge in [-0.25, -0.2) is 13.1 Å². The van der Waals surface area contributed by atoms with Crippen LogP contribution >= 0.6 is 0 Å². The standard InChI is InChI=1S/C11H18N2O4S/c1-3-4-9(8-17-2)13-18(15,16)10-5-6-11(14)12-7-10/h5-7,9,13H,3-4,8H2,1-2H3,(H,12,14). The quantitative estimate of drug-likeness (QED) is 0.756. The Balaban J connectivity index is 2.85. The van der Waals surface area contributed by atoms with Crippen LogP contribution < -0.4 is 10.3 Å². The largest absolute Gasteiger partial charge is 0.383 e. The first-order valence-corrected chi connectivity index (χ1v) is 7.18. The van der Waals surface area contributed by atoms with Crippen LogP contribution in [0.3, 0.4) is 0 Å². The van der Waals surface area contributed by atoms with Crippen molar-refractivity contribution in [3.8, 4) is 0 Å². The van der Waals surface area contributed by atoms with Gasteiger partial charge in [-0.15, -0.1) is 0 Å². The van der Waals surface area contributed by atoms with E-state index in [9.17, 15) is 13.2 Å². The Morgan fingerprint density at radius 3 is 2.67 bits per heavy atom. The molecule has 7 heteroatoms. The Hall–Kier alpha value is -1.18. The Labute approximate surface area is 106 Å². The summed E-state index contributed by atoms with van der Waals surface area (Å²) in [6.45, 7) is 2.29. The summed E-state index contributed by atoms with van der Waals surface area (Å²) in [5.41, 5.74) is -0.337. The van der Waals surface area contributed by atoms with Crippen LogP contribution in [0.1, 0.15) is 19.8 Å². The third-order valence-corrected chi connectivity index (χ3v) is 3.91. The molecule has 1 aromatic heterocycles. The van der Waals surface area contributed by atoms with Crippen molar-refractivity contribution in [2.45, 2.75) is 30.7 Å². The molecule has 18 heavy (non-hydrogen) atoms. The fraction of sp³-hybridized carbons (Fsp3) is 0.545. The Morgan fingerprint density at radius 1 is 1.44 bits per heavy atom. The number of aromatic amines is 1. The summed E-state index contributed by atoms with van der Waals surface area (Å²) < 4.78 is 31.6. The summed E-state index contributed by atoms with van der Waals surface area (Å²) in [6, 6.07) is 2.19. The zero-order valence-electron chi connectivity index (χ0n) is 10.5. The number of methoxy groups -OCH3 is 1. The van der Waals surface area contributed by atoms with Gasteiger partial charge in [0.1, 0.15) is 0 Å². The van der Waals surface area contributed by atoms with E-state index in [2.05, 4.69) is 9.71 Å². The van der Waals surface area contributed by atoms with E-state index < -0.39 is 10.0 Å². The number of sulfonamides is 1. The molecule has 1 rings (SSSR count). The van der Waals surface area contributed by atoms with Crippen molar-refractivity contribution in [1.29, 1.82) is 0 Å². The van der Waals surface area contributed by atoms with E-state index in [1.807, 2.05) is 6.92 Å². The van der Waals surface area contributed by atoms with Gasteiger partial charge in [0.05, 0.1) is 11.5 Å². The van der Waals surface area contributed by atoms with E-state index in [4.69, 9.17) is 4.74 Å². The second-order valence-electron chi connectivity index (χ2n) is 3.95. The molecule has 0 saturated carbocycles. The molecule has 0 fully saturated rings. The van der Waals surface area contributed by atoms with Crippen molar-refractivity contribution in [2.75, 3.05) is 13.7 Å². The molecular formula is C11H18N2O4S. The van der Waals surface area contributed by atoms with Crippen LogP contribution in [0.2, 0.25) is 0 Å². The average molecular weight is 274 g/mol. The predicted molar refractivity (Wildman–Crippen MR) is 68.0 cm³/mol. The van der Waals surface area contributed by atoms with Crippen molar-refractivity contribution < 1.29 is 13.2 Å². The van der Waals surface area contributed by atoms with Gasteiger partial charge >= 0.3 is 0 Å². The lowest BCUT2D eigenvalue weighted by Crippen LogP contribution is -2.38. The molecule has 102 valence electrons. The van der Waals surface area contributed by atoms with E-state index in [1.54, 1.807) is 0 Å². The number of ether oxygens (including phenoxy) is 1. The predicted octanol–water partition coefficient (Wildman–Crippen LogP) is 0.468. The molecule has 0 aliphatic heterocycles. The first-order chi connectivity index (χ1) is 8.49. The van der Waals surface area contributed by atoms with Gasteiger partial charge in [0, 0.05) is 25.4 Å². The molecule has 1 aromatic rings. The monoisotopic (exact) mass is 274 g/mol. The minimum Gasteiger partial charge on any atom is -0.383 e. The Bertz CT molecular complexity index is 498. The molecule has 0 aromatic carbocycles. The van der Waals surface area contributed by atoms with Gasteiger partial charge in [0.15, 0.2) is 0 Å². The highest BCUT2D eigenvalue weighted by Crippen LogP contribution is 2.07. The maximum atomic E-state index is 12.0. The maximum Gasteiger partial charge on any atom is 0.247 e. The lowest BCUT2D eigenvalue weighted by Gasteiger charge is -2.17. The van der Waals surface area contributed by atoms with Crippen LogP contribution in [0.4, 0.5) is 0 Å². The van der Waals surface area contributed by atoms with Crippen LogP contribution in [0.15, 0.2) is 28.0 Å². The average Bonchev–Trinajstić information content (AvgIpc) is 2.29. The molecule has 0 aliphatic carbocycles. The molecule has 1 atom stereocenters. The minimum absolute atomic E-state index is 0.0410. The molecule has 0 bridgehead atoms.